The summed E-state index contributed by atoms with van der Waals surface area (Å²) in [5.41, 5.74) is 2.20. The lowest BCUT2D eigenvalue weighted by molar-refractivity contribution is 0.0696. The first-order chi connectivity index (χ1) is 7.27. The Hall–Kier alpha value is -1.68. The topological polar surface area (TPSA) is 59.4 Å². The highest BCUT2D eigenvalue weighted by Crippen LogP contribution is 2.20. The predicted octanol–water partition coefficient (Wildman–Crippen LogP) is 1.58. The molecule has 1 aliphatic rings. The number of pyridine rings is 1. The minimum Gasteiger partial charge on any atom is -0.478 e. The third kappa shape index (κ3) is 2.22. The van der Waals surface area contributed by atoms with Crippen molar-refractivity contribution in [3.05, 3.63) is 35.7 Å². The highest BCUT2D eigenvalue weighted by Gasteiger charge is 2.09. The molecule has 1 aromatic heterocycles. The summed E-state index contributed by atoms with van der Waals surface area (Å²) in [6.07, 6.45) is 5.81. The first kappa shape index (κ1) is 9.86. The molecule has 78 valence electrons. The van der Waals surface area contributed by atoms with Gasteiger partial charge >= 0.3 is 5.97 Å². The second-order valence-electron chi connectivity index (χ2n) is 3.32. The third-order valence-electron chi connectivity index (χ3n) is 2.32. The Bertz CT molecular complexity index is 412. The lowest BCUT2D eigenvalue weighted by Gasteiger charge is -2.13. The van der Waals surface area contributed by atoms with Crippen LogP contribution >= 0.6 is 0 Å². The van der Waals surface area contributed by atoms with Gasteiger partial charge in [-0.3, -0.25) is 4.98 Å². The van der Waals surface area contributed by atoms with Crippen molar-refractivity contribution in [1.82, 2.24) is 4.98 Å². The van der Waals surface area contributed by atoms with Crippen LogP contribution in [-0.2, 0) is 4.74 Å². The summed E-state index contributed by atoms with van der Waals surface area (Å²) in [5.74, 6) is -0.947. The Kier molecular flexibility index (Phi) is 2.78. The van der Waals surface area contributed by atoms with Crippen LogP contribution in [0.5, 0.6) is 0 Å². The van der Waals surface area contributed by atoms with E-state index in [4.69, 9.17) is 9.84 Å². The molecule has 0 aliphatic carbocycles. The lowest BCUT2D eigenvalue weighted by atomic mass is 10.0. The number of ether oxygens (including phenoxy) is 1. The van der Waals surface area contributed by atoms with Gasteiger partial charge in [-0.1, -0.05) is 6.08 Å². The van der Waals surface area contributed by atoms with E-state index >= 15 is 0 Å². The SMILES string of the molecule is O=C(O)c1cncc(C2=CCOCC2)c1. The van der Waals surface area contributed by atoms with Crippen molar-refractivity contribution in [3.8, 4) is 0 Å². The van der Waals surface area contributed by atoms with Crippen LogP contribution in [0.2, 0.25) is 0 Å². The Labute approximate surface area is 87.2 Å². The number of carboxylic acids is 1. The zero-order chi connectivity index (χ0) is 10.7. The van der Waals surface area contributed by atoms with Crippen LogP contribution in [0.1, 0.15) is 22.3 Å². The minimum absolute atomic E-state index is 0.222. The molecule has 0 fully saturated rings. The number of carbonyl (C=O) groups is 1. The maximum Gasteiger partial charge on any atom is 0.337 e. The van der Waals surface area contributed by atoms with Crippen LogP contribution in [-0.4, -0.2) is 29.3 Å². The quantitative estimate of drug-likeness (QED) is 0.796. The molecule has 4 heteroatoms. The maximum atomic E-state index is 10.8. The molecule has 0 saturated heterocycles. The van der Waals surface area contributed by atoms with Gasteiger partial charge in [0.25, 0.3) is 0 Å². The average Bonchev–Trinajstić information content (AvgIpc) is 2.30. The van der Waals surface area contributed by atoms with Gasteiger partial charge in [0, 0.05) is 12.4 Å². The highest BCUT2D eigenvalue weighted by atomic mass is 16.5. The number of hydrogen-bond acceptors (Lipinski definition) is 3. The Morgan fingerprint density at radius 2 is 2.33 bits per heavy atom. The van der Waals surface area contributed by atoms with Gasteiger partial charge in [0.1, 0.15) is 0 Å². The molecule has 0 radical (unpaired) electrons. The lowest BCUT2D eigenvalue weighted by Crippen LogP contribution is -2.05. The molecule has 1 aromatic rings. The smallest absolute Gasteiger partial charge is 0.337 e. The molecule has 0 bridgehead atoms. The van der Waals surface area contributed by atoms with E-state index in [-0.39, 0.29) is 5.56 Å². The molecule has 4 nitrogen and oxygen atoms in total. The van der Waals surface area contributed by atoms with Gasteiger partial charge in [-0.15, -0.1) is 0 Å². The monoisotopic (exact) mass is 205 g/mol. The third-order valence-corrected chi connectivity index (χ3v) is 2.32. The van der Waals surface area contributed by atoms with E-state index in [2.05, 4.69) is 4.98 Å². The Morgan fingerprint density at radius 1 is 1.47 bits per heavy atom. The normalized spacial score (nSPS) is 15.9. The van der Waals surface area contributed by atoms with Gasteiger partial charge < -0.3 is 9.84 Å². The molecule has 0 amide bonds. The van der Waals surface area contributed by atoms with E-state index in [1.54, 1.807) is 12.3 Å². The average molecular weight is 205 g/mol. The zero-order valence-corrected chi connectivity index (χ0v) is 8.14. The van der Waals surface area contributed by atoms with Crippen LogP contribution in [0.25, 0.3) is 5.57 Å². The van der Waals surface area contributed by atoms with Crippen molar-refractivity contribution in [2.45, 2.75) is 6.42 Å². The van der Waals surface area contributed by atoms with Crippen molar-refractivity contribution >= 4 is 11.5 Å². The fourth-order valence-corrected chi connectivity index (χ4v) is 1.52. The van der Waals surface area contributed by atoms with Crippen LogP contribution in [0.3, 0.4) is 0 Å². The number of hydrogen-bond donors (Lipinski definition) is 1. The van der Waals surface area contributed by atoms with Gasteiger partial charge in [-0.2, -0.15) is 0 Å². The van der Waals surface area contributed by atoms with Crippen molar-refractivity contribution in [3.63, 3.8) is 0 Å². The standard InChI is InChI=1S/C11H11NO3/c13-11(14)10-5-9(6-12-7-10)8-1-3-15-4-2-8/h1,5-7H,2-4H2,(H,13,14). The largest absolute Gasteiger partial charge is 0.478 e. The summed E-state index contributed by atoms with van der Waals surface area (Å²) >= 11 is 0. The molecule has 0 unspecified atom stereocenters. The number of aromatic carboxylic acids is 1. The molecule has 2 rings (SSSR count). The number of aromatic nitrogens is 1. The van der Waals surface area contributed by atoms with Gasteiger partial charge in [0.15, 0.2) is 0 Å². The summed E-state index contributed by atoms with van der Waals surface area (Å²) in [5, 5.41) is 8.82. The van der Waals surface area contributed by atoms with Crippen molar-refractivity contribution in [2.75, 3.05) is 13.2 Å². The molecule has 1 N–H and O–H groups in total. The van der Waals surface area contributed by atoms with E-state index in [0.29, 0.717) is 13.2 Å². The molecular formula is C11H11NO3. The maximum absolute atomic E-state index is 10.8. The number of carboxylic acid groups (broad SMARTS) is 1. The van der Waals surface area contributed by atoms with Crippen LogP contribution in [0.15, 0.2) is 24.5 Å². The van der Waals surface area contributed by atoms with Gasteiger partial charge in [0.2, 0.25) is 0 Å². The number of rotatable bonds is 2. The molecule has 15 heavy (non-hydrogen) atoms. The Morgan fingerprint density at radius 3 is 3.00 bits per heavy atom. The van der Waals surface area contributed by atoms with Crippen LogP contribution < -0.4 is 0 Å². The Balaban J connectivity index is 2.31. The second-order valence-corrected chi connectivity index (χ2v) is 3.32. The zero-order valence-electron chi connectivity index (χ0n) is 8.14. The summed E-state index contributed by atoms with van der Waals surface area (Å²) in [6.45, 7) is 1.27. The second kappa shape index (κ2) is 4.23. The van der Waals surface area contributed by atoms with E-state index in [9.17, 15) is 4.79 Å². The van der Waals surface area contributed by atoms with E-state index in [1.807, 2.05) is 6.08 Å². The summed E-state index contributed by atoms with van der Waals surface area (Å²) in [6, 6.07) is 1.65. The minimum atomic E-state index is -0.947. The molecular weight excluding hydrogens is 194 g/mol. The van der Waals surface area contributed by atoms with Gasteiger partial charge in [-0.05, 0) is 23.6 Å². The fraction of sp³-hybridized carbons (Fsp3) is 0.273. The van der Waals surface area contributed by atoms with Crippen LogP contribution in [0, 0.1) is 0 Å². The molecule has 2 heterocycles. The van der Waals surface area contributed by atoms with Crippen molar-refractivity contribution < 1.29 is 14.6 Å². The first-order valence-corrected chi connectivity index (χ1v) is 4.73. The van der Waals surface area contributed by atoms with Crippen LogP contribution in [0.4, 0.5) is 0 Å². The molecule has 0 atom stereocenters. The van der Waals surface area contributed by atoms with Crippen molar-refractivity contribution in [2.24, 2.45) is 0 Å². The molecule has 0 spiro atoms. The van der Waals surface area contributed by atoms with E-state index < -0.39 is 5.97 Å². The molecule has 1 aliphatic heterocycles. The van der Waals surface area contributed by atoms with E-state index in [0.717, 1.165) is 17.6 Å². The molecule has 0 aromatic carbocycles. The summed E-state index contributed by atoms with van der Waals surface area (Å²) in [7, 11) is 0. The predicted molar refractivity (Wildman–Crippen MR) is 54.6 cm³/mol. The molecule has 0 saturated carbocycles. The summed E-state index contributed by atoms with van der Waals surface area (Å²) < 4.78 is 5.19. The first-order valence-electron chi connectivity index (χ1n) is 4.73. The van der Waals surface area contributed by atoms with Crippen molar-refractivity contribution in [1.29, 1.82) is 0 Å². The van der Waals surface area contributed by atoms with Gasteiger partial charge in [0.05, 0.1) is 18.8 Å². The summed E-state index contributed by atoms with van der Waals surface area (Å²) in [4.78, 5) is 14.7. The number of nitrogens with zero attached hydrogens (tertiary/aromatic N) is 1. The van der Waals surface area contributed by atoms with Gasteiger partial charge in [-0.25, -0.2) is 4.79 Å². The highest BCUT2D eigenvalue weighted by molar-refractivity contribution is 5.88. The van der Waals surface area contributed by atoms with E-state index in [1.165, 1.54) is 6.20 Å². The fourth-order valence-electron chi connectivity index (χ4n) is 1.52.